The van der Waals surface area contributed by atoms with E-state index in [2.05, 4.69) is 40.0 Å². The van der Waals surface area contributed by atoms with Gasteiger partial charge in [-0.05, 0) is 55.8 Å². The van der Waals surface area contributed by atoms with Gasteiger partial charge in [0.25, 0.3) is 5.56 Å². The maximum absolute atomic E-state index is 13.0. The average Bonchev–Trinajstić information content (AvgIpc) is 2.71. The molecule has 2 aromatic rings. The van der Waals surface area contributed by atoms with Crippen molar-refractivity contribution in [2.24, 2.45) is 5.92 Å². The van der Waals surface area contributed by atoms with Crippen LogP contribution in [0.25, 0.3) is 0 Å². The number of aryl methyl sites for hydroxylation is 1. The Morgan fingerprint density at radius 3 is 2.63 bits per heavy atom. The van der Waals surface area contributed by atoms with Gasteiger partial charge in [-0.15, -0.1) is 0 Å². The fourth-order valence-electron chi connectivity index (χ4n) is 4.94. The van der Waals surface area contributed by atoms with Gasteiger partial charge in [-0.25, -0.2) is 8.42 Å². The van der Waals surface area contributed by atoms with Crippen LogP contribution in [-0.4, -0.2) is 43.3 Å². The van der Waals surface area contributed by atoms with Gasteiger partial charge in [0.15, 0.2) is 0 Å². The summed E-state index contributed by atoms with van der Waals surface area (Å²) in [6.07, 6.45) is 3.85. The first-order valence-electron chi connectivity index (χ1n) is 11.0. The van der Waals surface area contributed by atoms with Crippen LogP contribution < -0.4 is 10.3 Å². The summed E-state index contributed by atoms with van der Waals surface area (Å²) in [6, 6.07) is 14.2. The first kappa shape index (κ1) is 21.1. The van der Waals surface area contributed by atoms with Crippen molar-refractivity contribution in [3.05, 3.63) is 64.1 Å². The van der Waals surface area contributed by atoms with E-state index in [9.17, 15) is 13.2 Å². The summed E-state index contributed by atoms with van der Waals surface area (Å²) in [5, 5.41) is 0. The van der Waals surface area contributed by atoms with Crippen LogP contribution in [0.15, 0.2) is 47.3 Å². The molecule has 4 rings (SSSR count). The minimum atomic E-state index is -3.47. The lowest BCUT2D eigenvalue weighted by Gasteiger charge is -2.43. The number of rotatable bonds is 8. The molecule has 1 saturated heterocycles. The average molecular weight is 430 g/mol. The van der Waals surface area contributed by atoms with Crippen LogP contribution in [0.5, 0.6) is 0 Å². The van der Waals surface area contributed by atoms with Crippen LogP contribution >= 0.6 is 0 Å². The summed E-state index contributed by atoms with van der Waals surface area (Å²) in [4.78, 5) is 15.5. The van der Waals surface area contributed by atoms with E-state index in [0.717, 1.165) is 44.6 Å². The summed E-state index contributed by atoms with van der Waals surface area (Å²) in [5.41, 5.74) is 2.39. The van der Waals surface area contributed by atoms with E-state index in [0.29, 0.717) is 24.8 Å². The molecule has 0 spiro atoms. The predicted octanol–water partition coefficient (Wildman–Crippen LogP) is 3.05. The number of hydrogen-bond donors (Lipinski definition) is 1. The summed E-state index contributed by atoms with van der Waals surface area (Å²) in [5.74, 6) is 0.800. The number of benzene rings is 1. The maximum Gasteiger partial charge on any atom is 0.275 e. The van der Waals surface area contributed by atoms with Crippen LogP contribution in [-0.2, 0) is 23.0 Å². The second-order valence-corrected chi connectivity index (χ2v) is 10.5. The number of anilines is 1. The van der Waals surface area contributed by atoms with Gasteiger partial charge in [0, 0.05) is 31.2 Å². The molecule has 1 aromatic heterocycles. The Balaban J connectivity index is 1.43. The van der Waals surface area contributed by atoms with Gasteiger partial charge < -0.3 is 9.47 Å². The highest BCUT2D eigenvalue weighted by atomic mass is 32.2. The molecule has 0 unspecified atom stereocenters. The number of nitrogens with one attached hydrogen (secondary N) is 1. The fourth-order valence-corrected chi connectivity index (χ4v) is 6.07. The molecular formula is C23H31N3O3S. The largest absolute Gasteiger partial charge is 0.310 e. The summed E-state index contributed by atoms with van der Waals surface area (Å²) in [7, 11) is -3.47. The Labute approximate surface area is 179 Å². The van der Waals surface area contributed by atoms with Crippen molar-refractivity contribution in [3.8, 4) is 0 Å². The molecule has 162 valence electrons. The molecule has 0 saturated carbocycles. The Morgan fingerprint density at radius 2 is 1.87 bits per heavy atom. The van der Waals surface area contributed by atoms with E-state index >= 15 is 0 Å². The van der Waals surface area contributed by atoms with Crippen molar-refractivity contribution in [1.82, 2.24) is 9.47 Å². The van der Waals surface area contributed by atoms with Gasteiger partial charge >= 0.3 is 0 Å². The lowest BCUT2D eigenvalue weighted by atomic mass is 9.83. The number of piperidine rings is 1. The van der Waals surface area contributed by atoms with Crippen LogP contribution in [0.3, 0.4) is 0 Å². The number of aromatic nitrogens is 1. The predicted molar refractivity (Wildman–Crippen MR) is 120 cm³/mol. The highest BCUT2D eigenvalue weighted by Crippen LogP contribution is 2.35. The fraction of sp³-hybridized carbons (Fsp3) is 0.522. The SMILES string of the molecule is CCCS(=O)(=O)Nc1ccc2n(c1=O)C[C@H]1C[C@@H]2CN(CCCc2ccccc2)C1. The third-order valence-corrected chi connectivity index (χ3v) is 7.68. The smallest absolute Gasteiger partial charge is 0.275 e. The van der Waals surface area contributed by atoms with Crippen LogP contribution in [0.1, 0.15) is 43.4 Å². The zero-order chi connectivity index (χ0) is 21.1. The molecule has 0 aliphatic carbocycles. The Morgan fingerprint density at radius 1 is 1.07 bits per heavy atom. The van der Waals surface area contributed by atoms with Gasteiger partial charge in [-0.3, -0.25) is 9.52 Å². The van der Waals surface area contributed by atoms with Crippen molar-refractivity contribution >= 4 is 15.7 Å². The maximum atomic E-state index is 13.0. The molecule has 3 heterocycles. The monoisotopic (exact) mass is 429 g/mol. The van der Waals surface area contributed by atoms with E-state index < -0.39 is 10.0 Å². The van der Waals surface area contributed by atoms with E-state index in [1.54, 1.807) is 6.07 Å². The van der Waals surface area contributed by atoms with Crippen molar-refractivity contribution in [2.45, 2.75) is 45.1 Å². The van der Waals surface area contributed by atoms with Crippen molar-refractivity contribution < 1.29 is 8.42 Å². The van der Waals surface area contributed by atoms with Gasteiger partial charge in [0.1, 0.15) is 5.69 Å². The van der Waals surface area contributed by atoms with Crippen molar-refractivity contribution in [2.75, 3.05) is 30.1 Å². The number of pyridine rings is 1. The van der Waals surface area contributed by atoms with Gasteiger partial charge in [-0.1, -0.05) is 37.3 Å². The molecule has 7 heteroatoms. The molecule has 6 nitrogen and oxygen atoms in total. The standard InChI is InChI=1S/C23H31N3O3S/c1-2-13-30(28,29)24-21-10-11-22-20-14-19(16-26(22)23(21)27)15-25(17-20)12-6-9-18-7-4-3-5-8-18/h3-5,7-8,10-11,19-20,24H,2,6,9,12-17H2,1H3/t19-,20+/m0/s1. The lowest BCUT2D eigenvalue weighted by molar-refractivity contribution is 0.119. The number of fused-ring (bicyclic) bond motifs is 4. The Hall–Kier alpha value is -2.12. The normalized spacial score (nSPS) is 21.2. The summed E-state index contributed by atoms with van der Waals surface area (Å²) < 4.78 is 28.5. The molecule has 0 amide bonds. The molecule has 2 bridgehead atoms. The molecule has 2 aliphatic rings. The highest BCUT2D eigenvalue weighted by molar-refractivity contribution is 7.92. The second kappa shape index (κ2) is 8.94. The van der Waals surface area contributed by atoms with Crippen LogP contribution in [0.2, 0.25) is 0 Å². The van der Waals surface area contributed by atoms with E-state index in [1.807, 2.05) is 17.6 Å². The van der Waals surface area contributed by atoms with Crippen LogP contribution in [0.4, 0.5) is 5.69 Å². The van der Waals surface area contributed by atoms with Crippen molar-refractivity contribution in [1.29, 1.82) is 0 Å². The Kier molecular flexibility index (Phi) is 6.29. The molecule has 2 atom stereocenters. The zero-order valence-corrected chi connectivity index (χ0v) is 18.4. The third kappa shape index (κ3) is 4.78. The van der Waals surface area contributed by atoms with Gasteiger partial charge in [-0.2, -0.15) is 0 Å². The van der Waals surface area contributed by atoms with E-state index in [1.165, 1.54) is 5.56 Å². The highest BCUT2D eigenvalue weighted by Gasteiger charge is 2.34. The Bertz CT molecular complexity index is 1030. The molecule has 1 aromatic carbocycles. The number of hydrogen-bond acceptors (Lipinski definition) is 4. The third-order valence-electron chi connectivity index (χ3n) is 6.20. The van der Waals surface area contributed by atoms with E-state index in [-0.39, 0.29) is 17.0 Å². The first-order chi connectivity index (χ1) is 14.4. The second-order valence-electron chi connectivity index (χ2n) is 8.66. The van der Waals surface area contributed by atoms with Crippen LogP contribution in [0, 0.1) is 5.92 Å². The zero-order valence-electron chi connectivity index (χ0n) is 17.6. The molecule has 30 heavy (non-hydrogen) atoms. The van der Waals surface area contributed by atoms with E-state index in [4.69, 9.17) is 0 Å². The quantitative estimate of drug-likeness (QED) is 0.700. The number of likely N-dealkylation sites (tertiary alicyclic amines) is 1. The summed E-state index contributed by atoms with van der Waals surface area (Å²) in [6.45, 7) is 5.52. The minimum Gasteiger partial charge on any atom is -0.310 e. The first-order valence-corrected chi connectivity index (χ1v) is 12.6. The summed E-state index contributed by atoms with van der Waals surface area (Å²) >= 11 is 0. The molecular weight excluding hydrogens is 398 g/mol. The van der Waals surface area contributed by atoms with Gasteiger partial charge in [0.2, 0.25) is 10.0 Å². The molecule has 1 N–H and O–H groups in total. The molecule has 2 aliphatic heterocycles. The van der Waals surface area contributed by atoms with Crippen molar-refractivity contribution in [3.63, 3.8) is 0 Å². The topological polar surface area (TPSA) is 71.4 Å². The minimum absolute atomic E-state index is 0.0252. The van der Waals surface area contributed by atoms with Gasteiger partial charge in [0.05, 0.1) is 5.75 Å². The number of sulfonamides is 1. The molecule has 1 fully saturated rings. The number of nitrogens with zero attached hydrogens (tertiary/aromatic N) is 2. The molecule has 0 radical (unpaired) electrons. The lowest BCUT2D eigenvalue weighted by Crippen LogP contribution is -2.47.